The highest BCUT2D eigenvalue weighted by Gasteiger charge is 2.39. The third-order valence-corrected chi connectivity index (χ3v) is 18.0. The van der Waals surface area contributed by atoms with Crippen molar-refractivity contribution >= 4 is 34.0 Å². The molecule has 1 rings (SSSR count). The van der Waals surface area contributed by atoms with Crippen molar-refractivity contribution in [1.29, 1.82) is 0 Å². The molecule has 0 aliphatic carbocycles. The Hall–Kier alpha value is -0.536. The summed E-state index contributed by atoms with van der Waals surface area (Å²) in [6, 6.07) is 0. The van der Waals surface area contributed by atoms with E-state index in [1.165, 1.54) is 24.0 Å². The quantitative estimate of drug-likeness (QED) is 0.180. The van der Waals surface area contributed by atoms with Crippen LogP contribution in [0.25, 0.3) is 6.08 Å². The molecule has 0 radical (unpaired) electrons. The van der Waals surface area contributed by atoms with Crippen LogP contribution in [0.4, 0.5) is 0 Å². The van der Waals surface area contributed by atoms with Crippen molar-refractivity contribution in [1.82, 2.24) is 4.98 Å². The first-order valence-electron chi connectivity index (χ1n) is 13.8. The van der Waals surface area contributed by atoms with Crippen LogP contribution in [-0.2, 0) is 8.85 Å². The fraction of sp³-hybridized carbons (Fsp3) is 0.767. The normalized spacial score (nSPS) is 16.4. The highest BCUT2D eigenvalue weighted by atomic mass is 32.1. The topological polar surface area (TPSA) is 31.4 Å². The predicted molar refractivity (Wildman–Crippen MR) is 167 cm³/mol. The summed E-state index contributed by atoms with van der Waals surface area (Å²) >= 11 is 1.70. The van der Waals surface area contributed by atoms with E-state index < -0.39 is 16.6 Å². The predicted octanol–water partition coefficient (Wildman–Crippen LogP) is 10.4. The highest BCUT2D eigenvalue weighted by molar-refractivity contribution is 7.09. The summed E-state index contributed by atoms with van der Waals surface area (Å²) in [5.41, 5.74) is 3.78. The summed E-state index contributed by atoms with van der Waals surface area (Å²) in [4.78, 5) is 4.65. The van der Waals surface area contributed by atoms with Crippen molar-refractivity contribution in [3.05, 3.63) is 33.3 Å². The molecular weight excluding hydrogens is 495 g/mol. The molecule has 0 saturated carbocycles. The number of allylic oxidation sites excluding steroid dienone is 1. The molecule has 0 N–H and O–H groups in total. The lowest BCUT2D eigenvalue weighted by molar-refractivity contribution is 0.217. The number of aromatic nitrogens is 1. The summed E-state index contributed by atoms with van der Waals surface area (Å²) in [5, 5.41) is 3.71. The minimum atomic E-state index is -1.89. The summed E-state index contributed by atoms with van der Waals surface area (Å²) in [6.45, 7) is 33.1. The Bertz CT molecular complexity index is 872. The van der Waals surface area contributed by atoms with Crippen molar-refractivity contribution in [3.63, 3.8) is 0 Å². The molecule has 6 heteroatoms. The first kappa shape index (κ1) is 33.5. The number of thiazole rings is 1. The maximum absolute atomic E-state index is 6.92. The van der Waals surface area contributed by atoms with Gasteiger partial charge in [0.05, 0.1) is 16.8 Å². The molecule has 0 aliphatic heterocycles. The molecule has 1 aromatic rings. The zero-order valence-electron chi connectivity index (χ0n) is 26.1. The Balaban J connectivity index is 2.77. The molecule has 0 aliphatic rings. The van der Waals surface area contributed by atoms with Crippen LogP contribution < -0.4 is 0 Å². The van der Waals surface area contributed by atoms with Gasteiger partial charge in [0.2, 0.25) is 0 Å². The third kappa shape index (κ3) is 11.1. The molecule has 0 saturated heterocycles. The molecule has 3 nitrogen and oxygen atoms in total. The van der Waals surface area contributed by atoms with Gasteiger partial charge in [0, 0.05) is 12.0 Å². The van der Waals surface area contributed by atoms with Crippen LogP contribution in [-0.4, -0.2) is 34.3 Å². The van der Waals surface area contributed by atoms with E-state index in [0.29, 0.717) is 5.92 Å². The van der Waals surface area contributed by atoms with Gasteiger partial charge in [-0.3, -0.25) is 0 Å². The first-order valence-corrected chi connectivity index (χ1v) is 20.5. The van der Waals surface area contributed by atoms with Gasteiger partial charge in [-0.1, -0.05) is 60.1 Å². The molecule has 0 spiro atoms. The lowest BCUT2D eigenvalue weighted by Gasteiger charge is -2.39. The van der Waals surface area contributed by atoms with Crippen molar-refractivity contribution in [3.8, 4) is 0 Å². The average molecular weight is 552 g/mol. The fourth-order valence-electron chi connectivity index (χ4n) is 3.42. The summed E-state index contributed by atoms with van der Waals surface area (Å²) in [5.74, 6) is 0.605. The zero-order chi connectivity index (χ0) is 27.9. The molecule has 1 unspecified atom stereocenters. The number of rotatable bonds is 13. The van der Waals surface area contributed by atoms with Gasteiger partial charge >= 0.3 is 0 Å². The summed E-state index contributed by atoms with van der Waals surface area (Å²) < 4.78 is 13.4. The Morgan fingerprint density at radius 3 is 2.11 bits per heavy atom. The van der Waals surface area contributed by atoms with E-state index in [2.05, 4.69) is 118 Å². The highest BCUT2D eigenvalue weighted by Crippen LogP contribution is 2.39. The van der Waals surface area contributed by atoms with Crippen molar-refractivity contribution in [2.75, 3.05) is 6.61 Å². The Morgan fingerprint density at radius 2 is 1.61 bits per heavy atom. The van der Waals surface area contributed by atoms with Crippen LogP contribution in [0.5, 0.6) is 0 Å². The Kier molecular flexibility index (Phi) is 12.6. The number of hydrogen-bond acceptors (Lipinski definition) is 4. The lowest BCUT2D eigenvalue weighted by Crippen LogP contribution is -2.44. The van der Waals surface area contributed by atoms with Crippen molar-refractivity contribution in [2.45, 2.75) is 137 Å². The second kappa shape index (κ2) is 13.5. The molecule has 0 fully saturated rings. The maximum Gasteiger partial charge on any atom is 0.192 e. The van der Waals surface area contributed by atoms with Crippen molar-refractivity contribution < 1.29 is 8.85 Å². The maximum atomic E-state index is 6.92. The Morgan fingerprint density at radius 1 is 1.03 bits per heavy atom. The molecule has 1 heterocycles. The van der Waals surface area contributed by atoms with Gasteiger partial charge < -0.3 is 8.85 Å². The average Bonchev–Trinajstić information content (AvgIpc) is 3.12. The standard InChI is InChI=1S/C30H57NO2SSi2/c1-23(16-15-17-24(2)21-32-35(11,12)29(5,6)7)18-19-28(33-36(13,14)30(8,9)10)25(3)20-27-22-34-26(4)31-27/h18,20,22,24,28H,15-17,19,21H2,1-14H3/t24-,28?/m0/s1. The van der Waals surface area contributed by atoms with Crippen LogP contribution in [0.1, 0.15) is 98.7 Å². The first-order chi connectivity index (χ1) is 16.2. The second-order valence-corrected chi connectivity index (χ2v) is 24.5. The Labute approximate surface area is 230 Å². The van der Waals surface area contributed by atoms with Crippen LogP contribution in [0.15, 0.2) is 22.6 Å². The summed E-state index contributed by atoms with van der Waals surface area (Å²) in [6.07, 6.45) is 9.22. The lowest BCUT2D eigenvalue weighted by atomic mass is 10.0. The van der Waals surface area contributed by atoms with Gasteiger partial charge in [-0.2, -0.15) is 0 Å². The van der Waals surface area contributed by atoms with E-state index in [1.807, 2.05) is 0 Å². The smallest absolute Gasteiger partial charge is 0.192 e. The van der Waals surface area contributed by atoms with E-state index in [-0.39, 0.29) is 16.2 Å². The minimum absolute atomic E-state index is 0.0970. The van der Waals surface area contributed by atoms with Gasteiger partial charge in [0.25, 0.3) is 0 Å². The van der Waals surface area contributed by atoms with E-state index in [9.17, 15) is 0 Å². The molecule has 36 heavy (non-hydrogen) atoms. The third-order valence-electron chi connectivity index (χ3n) is 8.25. The molecule has 0 amide bonds. The van der Waals surface area contributed by atoms with Gasteiger partial charge in [-0.15, -0.1) is 11.3 Å². The van der Waals surface area contributed by atoms with Crippen LogP contribution in [0.2, 0.25) is 36.3 Å². The van der Waals surface area contributed by atoms with Crippen LogP contribution in [0, 0.1) is 12.8 Å². The van der Waals surface area contributed by atoms with E-state index >= 15 is 0 Å². The minimum Gasteiger partial charge on any atom is -0.417 e. The van der Waals surface area contributed by atoms with Gasteiger partial charge in [0.1, 0.15) is 0 Å². The number of hydrogen-bond donors (Lipinski definition) is 0. The monoisotopic (exact) mass is 551 g/mol. The van der Waals surface area contributed by atoms with Crippen molar-refractivity contribution in [2.24, 2.45) is 5.92 Å². The van der Waals surface area contributed by atoms with E-state index in [4.69, 9.17) is 8.85 Å². The molecule has 0 bridgehead atoms. The fourth-order valence-corrected chi connectivity index (χ4v) is 6.47. The molecule has 0 aromatic carbocycles. The largest absolute Gasteiger partial charge is 0.417 e. The second-order valence-electron chi connectivity index (χ2n) is 13.9. The zero-order valence-corrected chi connectivity index (χ0v) is 28.9. The van der Waals surface area contributed by atoms with Gasteiger partial charge in [-0.05, 0) is 100 Å². The summed E-state index contributed by atoms with van der Waals surface area (Å²) in [7, 11) is -3.55. The molecular formula is C30H57NO2SSi2. The number of nitrogens with zero attached hydrogens (tertiary/aromatic N) is 1. The van der Waals surface area contributed by atoms with Gasteiger partial charge in [0.15, 0.2) is 16.6 Å². The van der Waals surface area contributed by atoms with Gasteiger partial charge in [-0.25, -0.2) is 4.98 Å². The molecule has 1 aromatic heterocycles. The van der Waals surface area contributed by atoms with Crippen LogP contribution >= 0.6 is 11.3 Å². The number of aryl methyl sites for hydroxylation is 1. The van der Waals surface area contributed by atoms with E-state index in [0.717, 1.165) is 30.2 Å². The SMILES string of the molecule is CC(=CCC(O[Si](C)(C)C(C)(C)C)C(C)=Cc1csc(C)n1)CCC[C@H](C)CO[Si](C)(C)C(C)(C)C. The van der Waals surface area contributed by atoms with Crippen LogP contribution in [0.3, 0.4) is 0 Å². The molecule has 208 valence electrons. The van der Waals surface area contributed by atoms with E-state index in [1.54, 1.807) is 11.3 Å². The molecule has 2 atom stereocenters.